The highest BCUT2D eigenvalue weighted by Gasteiger charge is 2.32. The molecule has 0 bridgehead atoms. The highest BCUT2D eigenvalue weighted by atomic mass is 32.1. The number of thiazole rings is 1. The Hall–Kier alpha value is -1.10. The largest absolute Gasteiger partial charge is 0.481 e. The number of carbonyl (C=O) groups is 1. The molecule has 0 aliphatic heterocycles. The van der Waals surface area contributed by atoms with Gasteiger partial charge in [0, 0.05) is 11.4 Å². The second-order valence-electron chi connectivity index (χ2n) is 6.40. The smallest absolute Gasteiger partial charge is 0.312 e. The molecule has 5 heteroatoms. The molecule has 1 aromatic rings. The Morgan fingerprint density at radius 3 is 2.84 bits per heavy atom. The number of hydrogen-bond acceptors (Lipinski definition) is 4. The van der Waals surface area contributed by atoms with Gasteiger partial charge in [-0.1, -0.05) is 27.7 Å². The van der Waals surface area contributed by atoms with Crippen LogP contribution in [-0.4, -0.2) is 22.6 Å². The minimum atomic E-state index is -0.751. The van der Waals surface area contributed by atoms with Crippen LogP contribution in [0, 0.1) is 11.3 Å². The van der Waals surface area contributed by atoms with E-state index in [0.717, 1.165) is 28.7 Å². The predicted molar refractivity (Wildman–Crippen MR) is 77.9 cm³/mol. The molecule has 19 heavy (non-hydrogen) atoms. The summed E-state index contributed by atoms with van der Waals surface area (Å²) in [5.41, 5.74) is 1.04. The van der Waals surface area contributed by atoms with Crippen LogP contribution in [0.5, 0.6) is 0 Å². The molecular weight excluding hydrogens is 260 g/mol. The molecule has 2 N–H and O–H groups in total. The fraction of sp³-hybridized carbons (Fsp3) is 0.714. The van der Waals surface area contributed by atoms with Gasteiger partial charge in [-0.05, 0) is 24.2 Å². The van der Waals surface area contributed by atoms with Crippen molar-refractivity contribution in [2.45, 2.75) is 46.5 Å². The second-order valence-corrected chi connectivity index (χ2v) is 7.49. The van der Waals surface area contributed by atoms with Gasteiger partial charge in [0.1, 0.15) is 5.92 Å². The van der Waals surface area contributed by atoms with Crippen LogP contribution in [0.1, 0.15) is 50.6 Å². The van der Waals surface area contributed by atoms with E-state index in [9.17, 15) is 4.79 Å². The average molecular weight is 282 g/mol. The number of carboxylic acid groups (broad SMARTS) is 1. The first-order valence-electron chi connectivity index (χ1n) is 6.75. The lowest BCUT2D eigenvalue weighted by Gasteiger charge is -2.27. The van der Waals surface area contributed by atoms with Crippen molar-refractivity contribution < 1.29 is 9.90 Å². The van der Waals surface area contributed by atoms with Gasteiger partial charge < -0.3 is 10.4 Å². The fourth-order valence-electron chi connectivity index (χ4n) is 2.09. The van der Waals surface area contributed by atoms with E-state index in [1.54, 1.807) is 11.3 Å². The Bertz CT molecular complexity index is 476. The SMILES string of the molecule is CC(CNc1nc2c(s1)CCC2C(=O)O)C(C)(C)C. The number of rotatable bonds is 4. The lowest BCUT2D eigenvalue weighted by molar-refractivity contribution is -0.138. The highest BCUT2D eigenvalue weighted by Crippen LogP contribution is 2.38. The molecule has 0 fully saturated rings. The van der Waals surface area contributed by atoms with E-state index in [-0.39, 0.29) is 5.41 Å². The number of aliphatic carboxylic acids is 1. The molecule has 2 unspecified atom stereocenters. The Balaban J connectivity index is 2.01. The van der Waals surface area contributed by atoms with Crippen molar-refractivity contribution in [1.29, 1.82) is 0 Å². The monoisotopic (exact) mass is 282 g/mol. The Morgan fingerprint density at radius 2 is 2.26 bits per heavy atom. The third-order valence-corrected chi connectivity index (χ3v) is 5.14. The molecule has 1 aromatic heterocycles. The predicted octanol–water partition coefficient (Wildman–Crippen LogP) is 3.35. The van der Waals surface area contributed by atoms with Crippen molar-refractivity contribution in [3.63, 3.8) is 0 Å². The molecule has 4 nitrogen and oxygen atoms in total. The molecular formula is C14H22N2O2S. The first-order valence-corrected chi connectivity index (χ1v) is 7.57. The van der Waals surface area contributed by atoms with Crippen LogP contribution in [0.2, 0.25) is 0 Å². The van der Waals surface area contributed by atoms with Gasteiger partial charge in [-0.2, -0.15) is 0 Å². The minimum absolute atomic E-state index is 0.261. The number of aromatic nitrogens is 1. The molecule has 0 radical (unpaired) electrons. The third kappa shape index (κ3) is 3.08. The molecule has 0 aromatic carbocycles. The third-order valence-electron chi connectivity index (χ3n) is 4.05. The van der Waals surface area contributed by atoms with E-state index in [1.165, 1.54) is 0 Å². The maximum atomic E-state index is 11.1. The van der Waals surface area contributed by atoms with Crippen LogP contribution >= 0.6 is 11.3 Å². The molecule has 2 rings (SSSR count). The van der Waals surface area contributed by atoms with Crippen molar-refractivity contribution in [2.75, 3.05) is 11.9 Å². The summed E-state index contributed by atoms with van der Waals surface area (Å²) in [6.07, 6.45) is 1.54. The zero-order chi connectivity index (χ0) is 14.2. The Labute approximate surface area is 118 Å². The molecule has 1 heterocycles. The second kappa shape index (κ2) is 5.12. The normalized spacial score (nSPS) is 20.1. The van der Waals surface area contributed by atoms with Crippen molar-refractivity contribution in [2.24, 2.45) is 11.3 Å². The quantitative estimate of drug-likeness (QED) is 0.889. The number of aryl methyl sites for hydroxylation is 1. The number of nitrogens with one attached hydrogen (secondary N) is 1. The summed E-state index contributed by atoms with van der Waals surface area (Å²) in [5, 5.41) is 13.4. The van der Waals surface area contributed by atoms with Crippen molar-refractivity contribution in [3.8, 4) is 0 Å². The first-order chi connectivity index (χ1) is 8.79. The topological polar surface area (TPSA) is 62.2 Å². The maximum Gasteiger partial charge on any atom is 0.312 e. The lowest BCUT2D eigenvalue weighted by atomic mass is 9.82. The van der Waals surface area contributed by atoms with E-state index < -0.39 is 11.9 Å². The molecule has 1 aliphatic carbocycles. The summed E-state index contributed by atoms with van der Waals surface area (Å²) in [6.45, 7) is 9.76. The van der Waals surface area contributed by atoms with Gasteiger partial charge in [-0.25, -0.2) is 4.98 Å². The molecule has 0 saturated heterocycles. The van der Waals surface area contributed by atoms with Gasteiger partial charge in [0.25, 0.3) is 0 Å². The highest BCUT2D eigenvalue weighted by molar-refractivity contribution is 7.15. The zero-order valence-electron chi connectivity index (χ0n) is 12.0. The van der Waals surface area contributed by atoms with Crippen molar-refractivity contribution in [3.05, 3.63) is 10.6 Å². The summed E-state index contributed by atoms with van der Waals surface area (Å²) in [7, 11) is 0. The van der Waals surface area contributed by atoms with Gasteiger partial charge in [0.2, 0.25) is 0 Å². The van der Waals surface area contributed by atoms with Gasteiger partial charge >= 0.3 is 5.97 Å². The van der Waals surface area contributed by atoms with E-state index in [0.29, 0.717) is 12.3 Å². The molecule has 1 aliphatic rings. The molecule has 0 spiro atoms. The van der Waals surface area contributed by atoms with Gasteiger partial charge in [0.05, 0.1) is 5.69 Å². The van der Waals surface area contributed by atoms with Gasteiger partial charge in [-0.15, -0.1) is 11.3 Å². The van der Waals surface area contributed by atoms with Crippen LogP contribution in [0.25, 0.3) is 0 Å². The standard InChI is InChI=1S/C14H22N2O2S/c1-8(14(2,3)4)7-15-13-16-11-9(12(17)18)5-6-10(11)19-13/h8-9H,5-7H2,1-4H3,(H,15,16)(H,17,18). The van der Waals surface area contributed by atoms with Crippen LogP contribution in [0.3, 0.4) is 0 Å². The number of carboxylic acids is 1. The molecule has 0 saturated carbocycles. The maximum absolute atomic E-state index is 11.1. The summed E-state index contributed by atoms with van der Waals surface area (Å²) in [4.78, 5) is 16.7. The number of anilines is 1. The number of nitrogens with zero attached hydrogens (tertiary/aromatic N) is 1. The Kier molecular flexibility index (Phi) is 3.85. The van der Waals surface area contributed by atoms with Crippen molar-refractivity contribution >= 4 is 22.4 Å². The van der Waals surface area contributed by atoms with E-state index in [4.69, 9.17) is 5.11 Å². The molecule has 0 amide bonds. The average Bonchev–Trinajstić information content (AvgIpc) is 2.82. The van der Waals surface area contributed by atoms with Crippen LogP contribution < -0.4 is 5.32 Å². The number of fused-ring (bicyclic) bond motifs is 1. The van der Waals surface area contributed by atoms with Crippen LogP contribution in [-0.2, 0) is 11.2 Å². The van der Waals surface area contributed by atoms with Crippen LogP contribution in [0.4, 0.5) is 5.13 Å². The fourth-order valence-corrected chi connectivity index (χ4v) is 3.13. The zero-order valence-corrected chi connectivity index (χ0v) is 12.8. The van der Waals surface area contributed by atoms with Gasteiger partial charge in [-0.3, -0.25) is 4.79 Å². The van der Waals surface area contributed by atoms with E-state index >= 15 is 0 Å². The summed E-state index contributed by atoms with van der Waals surface area (Å²) < 4.78 is 0. The van der Waals surface area contributed by atoms with E-state index in [2.05, 4.69) is 38.0 Å². The minimum Gasteiger partial charge on any atom is -0.481 e. The summed E-state index contributed by atoms with van der Waals surface area (Å²) >= 11 is 1.61. The van der Waals surface area contributed by atoms with Gasteiger partial charge in [0.15, 0.2) is 5.13 Å². The summed E-state index contributed by atoms with van der Waals surface area (Å²) in [6, 6.07) is 0. The summed E-state index contributed by atoms with van der Waals surface area (Å²) in [5.74, 6) is -0.623. The molecule has 106 valence electrons. The first kappa shape index (κ1) is 14.3. The van der Waals surface area contributed by atoms with Crippen LogP contribution in [0.15, 0.2) is 0 Å². The lowest BCUT2D eigenvalue weighted by Crippen LogP contribution is -2.24. The Morgan fingerprint density at radius 1 is 1.58 bits per heavy atom. The number of hydrogen-bond donors (Lipinski definition) is 2. The van der Waals surface area contributed by atoms with Crippen molar-refractivity contribution in [1.82, 2.24) is 4.98 Å². The molecule has 2 atom stereocenters. The van der Waals surface area contributed by atoms with E-state index in [1.807, 2.05) is 0 Å².